The van der Waals surface area contributed by atoms with Gasteiger partial charge in [-0.1, -0.05) is 463 Å². The van der Waals surface area contributed by atoms with Crippen LogP contribution < -0.4 is 0 Å². The van der Waals surface area contributed by atoms with E-state index in [0.717, 1.165) is 6.42 Å². The maximum Gasteiger partial charge on any atom is 0.0352 e. The van der Waals surface area contributed by atoms with Gasteiger partial charge in [-0.25, -0.2) is 0 Å². The Hall–Kier alpha value is -12.7. The minimum atomic E-state index is 0.0392. The lowest BCUT2D eigenvalue weighted by Crippen LogP contribution is -2.26. The summed E-state index contributed by atoms with van der Waals surface area (Å²) >= 11 is 0. The highest BCUT2D eigenvalue weighted by molar-refractivity contribution is 6.47. The third-order valence-electron chi connectivity index (χ3n) is 29.4. The first-order valence-electron chi connectivity index (χ1n) is 48.4. The zero-order valence-electron chi connectivity index (χ0n) is 82.4. The zero-order valence-corrected chi connectivity index (χ0v) is 82.4. The molecule has 0 saturated carbocycles. The van der Waals surface area contributed by atoms with Crippen LogP contribution in [0.2, 0.25) is 0 Å². The van der Waals surface area contributed by atoms with Gasteiger partial charge in [0.2, 0.25) is 0 Å². The minimum absolute atomic E-state index is 0.0392. The van der Waals surface area contributed by atoms with Crippen LogP contribution in [-0.2, 0) is 37.9 Å². The summed E-state index contributed by atoms with van der Waals surface area (Å²) in [4.78, 5) is 0. The van der Waals surface area contributed by atoms with Gasteiger partial charge in [-0.3, -0.25) is 0 Å². The smallest absolute Gasteiger partial charge is 0.0352 e. The number of rotatable bonds is 2. The van der Waals surface area contributed by atoms with Gasteiger partial charge >= 0.3 is 0 Å². The molecule has 23 rings (SSSR count). The molecule has 0 amide bonds. The Morgan fingerprint density at radius 3 is 0.977 bits per heavy atom. The third kappa shape index (κ3) is 14.7. The van der Waals surface area contributed by atoms with Crippen molar-refractivity contribution in [1.82, 2.24) is 0 Å². The average Bonchev–Trinajstić information content (AvgIpc) is 1.51. The van der Waals surface area contributed by atoms with Crippen LogP contribution in [0.5, 0.6) is 0 Å². The molecule has 5 aliphatic rings. The molecule has 0 aromatic heterocycles. The maximum absolute atomic E-state index is 2.42. The van der Waals surface area contributed by atoms with E-state index in [1.165, 1.54) is 247 Å². The molecular weight excluding hydrogens is 1590 g/mol. The van der Waals surface area contributed by atoms with Crippen molar-refractivity contribution in [3.05, 3.63) is 388 Å². The molecule has 0 heteroatoms. The van der Waals surface area contributed by atoms with Gasteiger partial charge in [0.1, 0.15) is 0 Å². The van der Waals surface area contributed by atoms with Crippen LogP contribution in [0.1, 0.15) is 228 Å². The van der Waals surface area contributed by atoms with Crippen molar-refractivity contribution in [3.8, 4) is 66.8 Å². The maximum atomic E-state index is 2.42. The summed E-state index contributed by atoms with van der Waals surface area (Å²) in [5.74, 6) is 0.395. The lowest BCUT2D eigenvalue weighted by molar-refractivity contribution is 0.507. The van der Waals surface area contributed by atoms with Crippen molar-refractivity contribution in [2.45, 2.75) is 210 Å². The van der Waals surface area contributed by atoms with Crippen molar-refractivity contribution in [2.75, 3.05) is 0 Å². The van der Waals surface area contributed by atoms with E-state index in [1.54, 1.807) is 0 Å². The number of allylic oxidation sites excluding steroid dienone is 11. The quantitative estimate of drug-likeness (QED) is 0.151. The largest absolute Gasteiger partial charge is 0.0795 e. The van der Waals surface area contributed by atoms with E-state index in [0.29, 0.717) is 5.92 Å². The van der Waals surface area contributed by atoms with Crippen molar-refractivity contribution >= 4 is 114 Å². The summed E-state index contributed by atoms with van der Waals surface area (Å²) in [5, 5.41) is 24.6. The molecule has 132 heavy (non-hydrogen) atoms. The monoisotopic (exact) mass is 1710 g/mol. The fourth-order valence-electron chi connectivity index (χ4n) is 22.7. The summed E-state index contributed by atoms with van der Waals surface area (Å²) in [7, 11) is 0. The summed E-state index contributed by atoms with van der Waals surface area (Å²) < 4.78 is 0. The molecule has 0 aliphatic heterocycles. The van der Waals surface area contributed by atoms with E-state index in [4.69, 9.17) is 0 Å². The first-order chi connectivity index (χ1) is 62.6. The molecule has 1 atom stereocenters. The van der Waals surface area contributed by atoms with Crippen LogP contribution >= 0.6 is 0 Å². The molecule has 18 aromatic carbocycles. The fourth-order valence-corrected chi connectivity index (χ4v) is 22.7. The second-order valence-electron chi connectivity index (χ2n) is 46.5. The van der Waals surface area contributed by atoms with Crippen molar-refractivity contribution in [2.24, 2.45) is 11.3 Å². The van der Waals surface area contributed by atoms with E-state index >= 15 is 0 Å². The van der Waals surface area contributed by atoms with Crippen molar-refractivity contribution in [1.29, 1.82) is 0 Å². The highest BCUT2D eigenvalue weighted by atomic mass is 14.4. The summed E-state index contributed by atoms with van der Waals surface area (Å²) in [6.45, 7) is 55.4. The third-order valence-corrected chi connectivity index (χ3v) is 29.4. The van der Waals surface area contributed by atoms with E-state index < -0.39 is 0 Å². The summed E-state index contributed by atoms with van der Waals surface area (Å²) in [6.07, 6.45) is 17.6. The van der Waals surface area contributed by atoms with Gasteiger partial charge in [0.15, 0.2) is 0 Å². The predicted molar refractivity (Wildman–Crippen MR) is 580 cm³/mol. The van der Waals surface area contributed by atoms with Gasteiger partial charge in [-0.15, -0.1) is 0 Å². The zero-order chi connectivity index (χ0) is 92.7. The van der Waals surface area contributed by atoms with E-state index in [2.05, 4.69) is 488 Å². The Labute approximate surface area is 785 Å². The normalized spacial score (nSPS) is 14.9. The molecular formula is C132H128. The lowest BCUT2D eigenvalue weighted by atomic mass is 9.62. The standard InChI is InChI=1S/C46H38.C32H32.C28H30.C26H28/c1-45(2,3)35-25-23-33-39-29(35)19-13-21-31(39)41-37(27-15-9-7-10-16-27)44-34-24-26-36(46(4,5)6)30-20-14-22-32(40(30)34)42(44)38(43(33)41)28-17-11-8-12-18-28;1-31(2,3)21-15-17-27-24-12-8-10-14-26(24)30-20-22(32(4,5)6)16-18-28(30)23-11-7-9-13-25(23)29(27)19-21;1-27(2,3)23-15-13-19-18-10-8-12-22-24(28(4,5)6)16-14-20(26(18)22)17-9-7-11-21(23)25(17)19;1-25(2,3)17-11-13-21-22-14-12-18(26(4,5)6)16-24(22)20-10-8-7-9-19(20)23(21)15-17/h7-26H,1-6H3;7-20H,1-6H3;7-9,11-16,25H,10H2,1-6H3;7-16H,1-6H3. The van der Waals surface area contributed by atoms with Gasteiger partial charge in [-0.2, -0.15) is 0 Å². The van der Waals surface area contributed by atoms with Crippen LogP contribution in [0, 0.1) is 11.3 Å². The molecule has 656 valence electrons. The summed E-state index contributed by atoms with van der Waals surface area (Å²) in [5.41, 5.74) is 38.3. The molecule has 0 fully saturated rings. The highest BCUT2D eigenvalue weighted by Gasteiger charge is 2.41. The van der Waals surface area contributed by atoms with Crippen LogP contribution in [0.4, 0.5) is 0 Å². The lowest BCUT2D eigenvalue weighted by Gasteiger charge is -2.41. The molecule has 18 aromatic rings. The second-order valence-corrected chi connectivity index (χ2v) is 46.5. The first kappa shape index (κ1) is 87.3. The molecule has 0 bridgehead atoms. The Bertz CT molecular complexity index is 7500. The Morgan fingerprint density at radius 1 is 0.220 bits per heavy atom. The minimum Gasteiger partial charge on any atom is -0.0795 e. The van der Waals surface area contributed by atoms with Crippen LogP contribution in [0.25, 0.3) is 181 Å². The van der Waals surface area contributed by atoms with Gasteiger partial charge in [0.05, 0.1) is 0 Å². The molecule has 0 radical (unpaired) electrons. The van der Waals surface area contributed by atoms with Crippen LogP contribution in [0.15, 0.2) is 332 Å². The number of hydrogen-bond acceptors (Lipinski definition) is 0. The second kappa shape index (κ2) is 31.5. The Balaban J connectivity index is 0.000000113. The number of hydrogen-bond donors (Lipinski definition) is 0. The first-order valence-corrected chi connectivity index (χ1v) is 48.4. The average molecular weight is 1710 g/mol. The molecule has 0 saturated heterocycles. The predicted octanol–water partition coefficient (Wildman–Crippen LogP) is 38.1. The van der Waals surface area contributed by atoms with Gasteiger partial charge in [0.25, 0.3) is 0 Å². The van der Waals surface area contributed by atoms with E-state index in [-0.39, 0.29) is 43.3 Å². The van der Waals surface area contributed by atoms with Crippen molar-refractivity contribution < 1.29 is 0 Å². The fraction of sp³-hybridized carbons (Fsp3) is 0.258. The molecule has 0 N–H and O–H groups in total. The molecule has 1 unspecified atom stereocenters. The molecule has 0 heterocycles. The molecule has 5 aliphatic carbocycles. The van der Waals surface area contributed by atoms with E-state index in [9.17, 15) is 0 Å². The van der Waals surface area contributed by atoms with Crippen LogP contribution in [0.3, 0.4) is 0 Å². The number of benzene rings is 16. The molecule has 0 nitrogen and oxygen atoms in total. The van der Waals surface area contributed by atoms with Crippen LogP contribution in [-0.4, -0.2) is 0 Å². The van der Waals surface area contributed by atoms with Crippen molar-refractivity contribution in [3.63, 3.8) is 0 Å². The molecule has 0 spiro atoms. The Morgan fingerprint density at radius 2 is 0.561 bits per heavy atom. The number of fused-ring (bicyclic) bond motifs is 21. The van der Waals surface area contributed by atoms with Gasteiger partial charge in [0, 0.05) is 5.92 Å². The van der Waals surface area contributed by atoms with Gasteiger partial charge < -0.3 is 0 Å². The van der Waals surface area contributed by atoms with Gasteiger partial charge in [-0.05, 0) is 321 Å². The topological polar surface area (TPSA) is 0 Å². The Kier molecular flexibility index (Phi) is 20.8. The summed E-state index contributed by atoms with van der Waals surface area (Å²) in [6, 6.07) is 106. The highest BCUT2D eigenvalue weighted by Crippen LogP contribution is 2.60. The SMILES string of the molecule is CC(C)(C)C1=C2C=CC=C3c4ccc(C(C)(C)C)c5c4C(=C(C=C1)C32)CC=C5.CC(C)(C)c1ccc2c(c1)-c1ccccc1-c1ccc(C(C)(C)C)cc1-c1ccccc1-2.CC(C)(C)c1ccc2c3c(-c4ccccc4)c4c5cccc6c(C(C)(C)C)ccc(c4c(-c4ccccc4)c3c3cccc1c32)c65.CC(C)(C)c1ccc2c3ccc(C(C)(C)C)cc3c3ccccc3c2c1. The van der Waals surface area contributed by atoms with E-state index in [1.807, 2.05) is 0 Å².